The Morgan fingerprint density at radius 1 is 0.978 bits per heavy atom. The minimum atomic E-state index is -5.10. The molecule has 1 aliphatic heterocycles. The highest BCUT2D eigenvalue weighted by Gasteiger charge is 2.42. The van der Waals surface area contributed by atoms with Gasteiger partial charge in [0.05, 0.1) is 41.0 Å². The quantitative estimate of drug-likeness (QED) is 0.297. The van der Waals surface area contributed by atoms with Gasteiger partial charge in [0.2, 0.25) is 11.8 Å². The molecule has 0 spiro atoms. The van der Waals surface area contributed by atoms with E-state index in [9.17, 15) is 45.4 Å². The molecule has 244 valence electrons. The Morgan fingerprint density at radius 3 is 2.04 bits per heavy atom. The summed E-state index contributed by atoms with van der Waals surface area (Å²) < 4.78 is 95.5. The number of pyridine rings is 1. The molecule has 3 aromatic rings. The molecular formula is C31H31ClF7N3O3. The van der Waals surface area contributed by atoms with Crippen molar-refractivity contribution in [2.45, 2.75) is 44.5 Å². The van der Waals surface area contributed by atoms with E-state index in [0.29, 0.717) is 34.5 Å². The zero-order valence-corrected chi connectivity index (χ0v) is 25.7. The van der Waals surface area contributed by atoms with Crippen LogP contribution in [0, 0.1) is 18.7 Å². The van der Waals surface area contributed by atoms with Gasteiger partial charge in [-0.1, -0.05) is 6.07 Å². The van der Waals surface area contributed by atoms with E-state index in [1.165, 1.54) is 50.2 Å². The Hall–Kier alpha value is -3.71. The number of hydrogen-bond donors (Lipinski definition) is 1. The molecule has 2 amide bonds. The minimum absolute atomic E-state index is 0. The van der Waals surface area contributed by atoms with Crippen molar-refractivity contribution in [3.05, 3.63) is 82.4 Å². The van der Waals surface area contributed by atoms with E-state index in [2.05, 4.69) is 4.98 Å². The lowest BCUT2D eigenvalue weighted by atomic mass is 9.81. The normalized spacial score (nSPS) is 17.4. The predicted octanol–water partition coefficient (Wildman–Crippen LogP) is 6.76. The summed E-state index contributed by atoms with van der Waals surface area (Å²) in [7, 11) is 2.89. The number of nitrogens with zero attached hydrogens (tertiary/aromatic N) is 3. The summed E-state index contributed by atoms with van der Waals surface area (Å²) in [6.45, 7) is 3.87. The molecular weight excluding hydrogens is 631 g/mol. The monoisotopic (exact) mass is 661 g/mol. The second kappa shape index (κ2) is 12.6. The highest BCUT2D eigenvalue weighted by atomic mass is 35.5. The zero-order valence-electron chi connectivity index (χ0n) is 24.8. The molecule has 45 heavy (non-hydrogen) atoms. The largest absolute Gasteiger partial charge is 0.416 e. The van der Waals surface area contributed by atoms with Crippen LogP contribution < -0.4 is 4.90 Å². The lowest BCUT2D eigenvalue weighted by Crippen LogP contribution is -2.42. The first-order valence-corrected chi connectivity index (χ1v) is 13.5. The third-order valence-electron chi connectivity index (χ3n) is 8.12. The molecule has 4 rings (SSSR count). The van der Waals surface area contributed by atoms with Gasteiger partial charge in [0.1, 0.15) is 5.82 Å². The van der Waals surface area contributed by atoms with Crippen LogP contribution in [-0.4, -0.2) is 54.1 Å². The molecule has 0 aliphatic carbocycles. The second-order valence-electron chi connectivity index (χ2n) is 11.5. The average molecular weight is 662 g/mol. The van der Waals surface area contributed by atoms with Crippen LogP contribution in [0.5, 0.6) is 0 Å². The fourth-order valence-electron chi connectivity index (χ4n) is 5.52. The standard InChI is InChI=1S/C31H30F7N3O3.ClH/c1-16-8-20(32)6-7-21(16)22-12-25(23-14-40(4)27(43)24(23)15-42)39-13-26(22)41(5)28(44)29(2,3)17-9-18(30(33,34)35)11-19(10-17)31(36,37)38;/h6-13,23-24,42H,14-15H2,1-5H3;1H/t23-,24-;/m1./s1. The molecule has 1 aliphatic rings. The van der Waals surface area contributed by atoms with Crippen LogP contribution in [0.1, 0.15) is 47.7 Å². The van der Waals surface area contributed by atoms with Crippen molar-refractivity contribution in [2.24, 2.45) is 5.92 Å². The van der Waals surface area contributed by atoms with E-state index < -0.39 is 64.6 Å². The Morgan fingerprint density at radius 2 is 1.53 bits per heavy atom. The number of aliphatic hydroxyl groups is 1. The number of carbonyl (C=O) groups excluding carboxylic acids is 2. The number of carbonyl (C=O) groups is 2. The van der Waals surface area contributed by atoms with Crippen molar-refractivity contribution in [3.8, 4) is 11.1 Å². The van der Waals surface area contributed by atoms with Crippen molar-refractivity contribution in [1.82, 2.24) is 9.88 Å². The zero-order chi connectivity index (χ0) is 32.9. The van der Waals surface area contributed by atoms with Gasteiger partial charge in [0, 0.05) is 37.8 Å². The summed E-state index contributed by atoms with van der Waals surface area (Å²) in [5, 5.41) is 9.89. The van der Waals surface area contributed by atoms with Crippen LogP contribution in [0.25, 0.3) is 11.1 Å². The number of anilines is 1. The first-order chi connectivity index (χ1) is 20.3. The lowest BCUT2D eigenvalue weighted by molar-refractivity contribution is -0.143. The van der Waals surface area contributed by atoms with Gasteiger partial charge in [-0.25, -0.2) is 4.39 Å². The molecule has 0 bridgehead atoms. The summed E-state index contributed by atoms with van der Waals surface area (Å²) in [6, 6.07) is 6.56. The highest BCUT2D eigenvalue weighted by Crippen LogP contribution is 2.42. The Balaban J connectivity index is 0.00000552. The van der Waals surface area contributed by atoms with E-state index >= 15 is 0 Å². The minimum Gasteiger partial charge on any atom is -0.396 e. The number of halogens is 8. The molecule has 0 saturated carbocycles. The van der Waals surface area contributed by atoms with Crippen molar-refractivity contribution >= 4 is 29.9 Å². The van der Waals surface area contributed by atoms with Crippen molar-refractivity contribution < 1.29 is 45.4 Å². The summed E-state index contributed by atoms with van der Waals surface area (Å²) in [5.74, 6) is -2.95. The number of benzene rings is 2. The number of aliphatic hydroxyl groups excluding tert-OH is 1. The molecule has 14 heteroatoms. The van der Waals surface area contributed by atoms with Gasteiger partial charge < -0.3 is 14.9 Å². The third-order valence-corrected chi connectivity index (χ3v) is 8.12. The molecule has 1 saturated heterocycles. The Labute approximate surface area is 261 Å². The van der Waals surface area contributed by atoms with Crippen LogP contribution in [0.3, 0.4) is 0 Å². The first kappa shape index (κ1) is 35.8. The summed E-state index contributed by atoms with van der Waals surface area (Å²) >= 11 is 0. The fourth-order valence-corrected chi connectivity index (χ4v) is 5.52. The van der Waals surface area contributed by atoms with E-state index in [-0.39, 0.29) is 36.6 Å². The predicted molar refractivity (Wildman–Crippen MR) is 155 cm³/mol. The number of amides is 2. The fraction of sp³-hybridized carbons (Fsp3) is 0.387. The summed E-state index contributed by atoms with van der Waals surface area (Å²) in [5.41, 5.74) is -3.64. The van der Waals surface area contributed by atoms with Crippen molar-refractivity contribution in [1.29, 1.82) is 0 Å². The van der Waals surface area contributed by atoms with Gasteiger partial charge in [-0.3, -0.25) is 14.6 Å². The van der Waals surface area contributed by atoms with Crippen LogP contribution in [0.2, 0.25) is 0 Å². The van der Waals surface area contributed by atoms with E-state index in [0.717, 1.165) is 4.90 Å². The molecule has 6 nitrogen and oxygen atoms in total. The van der Waals surface area contributed by atoms with E-state index in [1.54, 1.807) is 20.0 Å². The number of aryl methyl sites for hydroxylation is 1. The van der Waals surface area contributed by atoms with Crippen LogP contribution in [-0.2, 0) is 27.4 Å². The summed E-state index contributed by atoms with van der Waals surface area (Å²) in [6.07, 6.45) is -8.89. The SMILES string of the molecule is Cc1cc(F)ccc1-c1cc([C@@H]2CN(C)C(=O)[C@@H]2CO)ncc1N(C)C(=O)C(C)(C)c1cc(C(F)(F)F)cc(C(F)(F)F)c1.Cl. The van der Waals surface area contributed by atoms with Crippen LogP contribution in [0.4, 0.5) is 36.4 Å². The average Bonchev–Trinajstić information content (AvgIpc) is 3.23. The van der Waals surface area contributed by atoms with Crippen LogP contribution in [0.15, 0.2) is 48.7 Å². The molecule has 0 radical (unpaired) electrons. The van der Waals surface area contributed by atoms with Crippen molar-refractivity contribution in [2.75, 3.05) is 32.1 Å². The van der Waals surface area contributed by atoms with Gasteiger partial charge in [-0.15, -0.1) is 12.4 Å². The molecule has 2 heterocycles. The van der Waals surface area contributed by atoms with Gasteiger partial charge in [0.25, 0.3) is 0 Å². The van der Waals surface area contributed by atoms with Gasteiger partial charge in [-0.2, -0.15) is 26.3 Å². The van der Waals surface area contributed by atoms with Gasteiger partial charge in [-0.05, 0) is 73.9 Å². The van der Waals surface area contributed by atoms with Gasteiger partial charge >= 0.3 is 12.4 Å². The maximum Gasteiger partial charge on any atom is 0.416 e. The number of alkyl halides is 6. The Bertz CT molecular complexity index is 1580. The molecule has 1 N–H and O–H groups in total. The number of likely N-dealkylation sites (tertiary alicyclic amines) is 1. The number of aromatic nitrogens is 1. The maximum absolute atomic E-state index is 14.0. The molecule has 0 unspecified atom stereocenters. The van der Waals surface area contributed by atoms with Gasteiger partial charge in [0.15, 0.2) is 0 Å². The highest BCUT2D eigenvalue weighted by molar-refractivity contribution is 6.03. The summed E-state index contributed by atoms with van der Waals surface area (Å²) in [4.78, 5) is 33.5. The molecule has 1 aromatic heterocycles. The maximum atomic E-state index is 14.0. The third kappa shape index (κ3) is 6.94. The van der Waals surface area contributed by atoms with E-state index in [1.807, 2.05) is 0 Å². The number of likely N-dealkylation sites (N-methyl/N-ethyl adjacent to an activating group) is 2. The Kier molecular flexibility index (Phi) is 10.0. The molecule has 1 fully saturated rings. The van der Waals surface area contributed by atoms with E-state index in [4.69, 9.17) is 0 Å². The number of rotatable bonds is 6. The smallest absolute Gasteiger partial charge is 0.396 e. The molecule has 2 aromatic carbocycles. The molecule has 2 atom stereocenters. The second-order valence-corrected chi connectivity index (χ2v) is 11.5. The first-order valence-electron chi connectivity index (χ1n) is 13.5. The van der Waals surface area contributed by atoms with Crippen LogP contribution >= 0.6 is 12.4 Å². The van der Waals surface area contributed by atoms with Crippen molar-refractivity contribution in [3.63, 3.8) is 0 Å². The lowest BCUT2D eigenvalue weighted by Gasteiger charge is -2.32. The topological polar surface area (TPSA) is 73.7 Å². The number of hydrogen-bond acceptors (Lipinski definition) is 4.